The zero-order valence-electron chi connectivity index (χ0n) is 11.2. The largest absolute Gasteiger partial charge is 0.461 e. The molecule has 0 rings (SSSR count). The average Bonchev–Trinajstić information content (AvgIpc) is 2.23. The van der Waals surface area contributed by atoms with E-state index in [0.717, 1.165) is 19.3 Å². The minimum atomic E-state index is -0.446. The lowest BCUT2D eigenvalue weighted by atomic mass is 10.1. The summed E-state index contributed by atoms with van der Waals surface area (Å²) in [4.78, 5) is 11.6. The normalized spacial score (nSPS) is 14.9. The summed E-state index contributed by atoms with van der Waals surface area (Å²) in [5, 5.41) is 0. The molecule has 0 amide bonds. The van der Waals surface area contributed by atoms with E-state index in [1.807, 2.05) is 20.8 Å². The van der Waals surface area contributed by atoms with Crippen LogP contribution in [-0.4, -0.2) is 18.1 Å². The van der Waals surface area contributed by atoms with Crippen LogP contribution in [0.15, 0.2) is 0 Å². The first-order valence-electron chi connectivity index (χ1n) is 6.45. The zero-order valence-corrected chi connectivity index (χ0v) is 11.2. The lowest BCUT2D eigenvalue weighted by molar-refractivity contribution is -0.152. The molecule has 0 unspecified atom stereocenters. The molecule has 0 spiro atoms. The molecule has 0 heterocycles. The molecular formula is C13H27NO2. The van der Waals surface area contributed by atoms with Crippen LogP contribution in [0.3, 0.4) is 0 Å². The quantitative estimate of drug-likeness (QED) is 0.514. The molecule has 0 bridgehead atoms. The number of nitrogens with two attached hydrogens (primary N) is 1. The maximum Gasteiger partial charge on any atom is 0.323 e. The minimum Gasteiger partial charge on any atom is -0.461 e. The zero-order chi connectivity index (χ0) is 12.6. The Bertz CT molecular complexity index is 192. The molecule has 2 atom stereocenters. The number of esters is 1. The number of carbonyl (C=O) groups excluding carboxylic acids is 1. The maximum atomic E-state index is 11.6. The van der Waals surface area contributed by atoms with Crippen molar-refractivity contribution in [2.24, 2.45) is 11.7 Å². The van der Waals surface area contributed by atoms with Crippen molar-refractivity contribution in [2.45, 2.75) is 71.9 Å². The molecule has 2 N–H and O–H groups in total. The van der Waals surface area contributed by atoms with Crippen LogP contribution in [-0.2, 0) is 9.53 Å². The third-order valence-electron chi connectivity index (χ3n) is 2.91. The van der Waals surface area contributed by atoms with Crippen molar-refractivity contribution in [1.29, 1.82) is 0 Å². The molecule has 0 aliphatic carbocycles. The van der Waals surface area contributed by atoms with E-state index in [1.165, 1.54) is 12.8 Å². The molecule has 0 saturated carbocycles. The third-order valence-corrected chi connectivity index (χ3v) is 2.91. The second kappa shape index (κ2) is 8.57. The smallest absolute Gasteiger partial charge is 0.323 e. The molecule has 0 aromatic carbocycles. The molecule has 0 aliphatic heterocycles. The molecule has 0 aliphatic rings. The Morgan fingerprint density at radius 1 is 1.19 bits per heavy atom. The summed E-state index contributed by atoms with van der Waals surface area (Å²) in [6.07, 6.45) is 5.27. The molecule has 3 heteroatoms. The van der Waals surface area contributed by atoms with Gasteiger partial charge in [-0.2, -0.15) is 0 Å². The number of rotatable bonds is 8. The van der Waals surface area contributed by atoms with E-state index >= 15 is 0 Å². The van der Waals surface area contributed by atoms with E-state index in [0.29, 0.717) is 5.92 Å². The number of ether oxygens (including phenoxy) is 1. The number of hydrogen-bond acceptors (Lipinski definition) is 3. The second-order valence-corrected chi connectivity index (χ2v) is 4.84. The summed E-state index contributed by atoms with van der Waals surface area (Å²) < 4.78 is 5.27. The summed E-state index contributed by atoms with van der Waals surface area (Å²) >= 11 is 0. The SMILES string of the molecule is CCCCCC[C@@H](N)C(=O)O[C@H](C)C(C)C. The van der Waals surface area contributed by atoms with Gasteiger partial charge >= 0.3 is 5.97 Å². The maximum absolute atomic E-state index is 11.6. The molecule has 0 aromatic heterocycles. The Balaban J connectivity index is 3.73. The second-order valence-electron chi connectivity index (χ2n) is 4.84. The highest BCUT2D eigenvalue weighted by atomic mass is 16.5. The monoisotopic (exact) mass is 229 g/mol. The summed E-state index contributed by atoms with van der Waals surface area (Å²) in [6.45, 7) is 8.14. The average molecular weight is 229 g/mol. The van der Waals surface area contributed by atoms with Gasteiger partial charge in [0.25, 0.3) is 0 Å². The summed E-state index contributed by atoms with van der Waals surface area (Å²) in [7, 11) is 0. The van der Waals surface area contributed by atoms with Crippen LogP contribution in [0.2, 0.25) is 0 Å². The van der Waals surface area contributed by atoms with E-state index in [9.17, 15) is 4.79 Å². The fourth-order valence-corrected chi connectivity index (χ4v) is 1.32. The van der Waals surface area contributed by atoms with Crippen LogP contribution in [0.25, 0.3) is 0 Å². The van der Waals surface area contributed by atoms with Crippen LogP contribution in [0, 0.1) is 5.92 Å². The summed E-state index contributed by atoms with van der Waals surface area (Å²) in [5.41, 5.74) is 5.77. The Kier molecular flexibility index (Phi) is 8.26. The van der Waals surface area contributed by atoms with Crippen molar-refractivity contribution in [3.63, 3.8) is 0 Å². The fourth-order valence-electron chi connectivity index (χ4n) is 1.32. The topological polar surface area (TPSA) is 52.3 Å². The Labute approximate surface area is 99.7 Å². The van der Waals surface area contributed by atoms with Gasteiger partial charge in [0.1, 0.15) is 12.1 Å². The van der Waals surface area contributed by atoms with E-state index in [2.05, 4.69) is 6.92 Å². The van der Waals surface area contributed by atoms with Gasteiger partial charge in [-0.3, -0.25) is 4.79 Å². The van der Waals surface area contributed by atoms with Crippen molar-refractivity contribution in [1.82, 2.24) is 0 Å². The minimum absolute atomic E-state index is 0.0470. The third kappa shape index (κ3) is 6.83. The van der Waals surface area contributed by atoms with Gasteiger partial charge in [0.15, 0.2) is 0 Å². The Morgan fingerprint density at radius 3 is 2.31 bits per heavy atom. The Hall–Kier alpha value is -0.570. The van der Waals surface area contributed by atoms with Gasteiger partial charge in [0.05, 0.1) is 0 Å². The van der Waals surface area contributed by atoms with Crippen molar-refractivity contribution in [3.05, 3.63) is 0 Å². The van der Waals surface area contributed by atoms with E-state index < -0.39 is 6.04 Å². The van der Waals surface area contributed by atoms with Gasteiger partial charge in [-0.15, -0.1) is 0 Å². The van der Waals surface area contributed by atoms with Crippen LogP contribution >= 0.6 is 0 Å². The highest BCUT2D eigenvalue weighted by molar-refractivity contribution is 5.75. The highest BCUT2D eigenvalue weighted by Crippen LogP contribution is 2.09. The van der Waals surface area contributed by atoms with Gasteiger partial charge in [0.2, 0.25) is 0 Å². The van der Waals surface area contributed by atoms with Crippen LogP contribution < -0.4 is 5.73 Å². The standard InChI is InChI=1S/C13H27NO2/c1-5-6-7-8-9-12(14)13(15)16-11(4)10(2)3/h10-12H,5-9,14H2,1-4H3/t11-,12-/m1/s1. The molecule has 0 radical (unpaired) electrons. The molecule has 16 heavy (non-hydrogen) atoms. The van der Waals surface area contributed by atoms with E-state index in [-0.39, 0.29) is 12.1 Å². The first kappa shape index (κ1) is 15.4. The predicted octanol–water partition coefficient (Wildman–Crippen LogP) is 2.87. The molecule has 96 valence electrons. The van der Waals surface area contributed by atoms with Crippen LogP contribution in [0.5, 0.6) is 0 Å². The van der Waals surface area contributed by atoms with Gasteiger partial charge in [-0.1, -0.05) is 46.5 Å². The highest BCUT2D eigenvalue weighted by Gasteiger charge is 2.18. The van der Waals surface area contributed by atoms with Gasteiger partial charge in [-0.05, 0) is 19.3 Å². The fraction of sp³-hybridized carbons (Fsp3) is 0.923. The predicted molar refractivity (Wildman–Crippen MR) is 67.1 cm³/mol. The summed E-state index contributed by atoms with van der Waals surface area (Å²) in [5.74, 6) is 0.0916. The molecule has 3 nitrogen and oxygen atoms in total. The van der Waals surface area contributed by atoms with Crippen molar-refractivity contribution in [3.8, 4) is 0 Å². The first-order chi connectivity index (χ1) is 7.49. The van der Waals surface area contributed by atoms with Gasteiger partial charge in [-0.25, -0.2) is 0 Å². The molecule has 0 aromatic rings. The lowest BCUT2D eigenvalue weighted by Gasteiger charge is -2.19. The number of hydrogen-bond donors (Lipinski definition) is 1. The van der Waals surface area contributed by atoms with Crippen molar-refractivity contribution < 1.29 is 9.53 Å². The van der Waals surface area contributed by atoms with E-state index in [4.69, 9.17) is 10.5 Å². The van der Waals surface area contributed by atoms with E-state index in [1.54, 1.807) is 0 Å². The first-order valence-corrected chi connectivity index (χ1v) is 6.45. The van der Waals surface area contributed by atoms with Crippen LogP contribution in [0.4, 0.5) is 0 Å². The van der Waals surface area contributed by atoms with Crippen molar-refractivity contribution in [2.75, 3.05) is 0 Å². The van der Waals surface area contributed by atoms with Crippen LogP contribution in [0.1, 0.15) is 59.8 Å². The molecular weight excluding hydrogens is 202 g/mol. The summed E-state index contributed by atoms with van der Waals surface area (Å²) in [6, 6.07) is -0.446. The molecule has 0 saturated heterocycles. The number of unbranched alkanes of at least 4 members (excludes halogenated alkanes) is 3. The van der Waals surface area contributed by atoms with Crippen molar-refractivity contribution >= 4 is 5.97 Å². The van der Waals surface area contributed by atoms with Gasteiger partial charge in [0, 0.05) is 0 Å². The Morgan fingerprint density at radius 2 is 1.81 bits per heavy atom. The lowest BCUT2D eigenvalue weighted by Crippen LogP contribution is -2.35. The van der Waals surface area contributed by atoms with Gasteiger partial charge < -0.3 is 10.5 Å². The molecule has 0 fully saturated rings. The number of carbonyl (C=O) groups is 1.